The molecule has 1 amide bonds. The highest BCUT2D eigenvalue weighted by Gasteiger charge is 2.34. The molecule has 2 rings (SSSR count). The summed E-state index contributed by atoms with van der Waals surface area (Å²) < 4.78 is 0. The van der Waals surface area contributed by atoms with Crippen LogP contribution in [0.4, 0.5) is 0 Å². The largest absolute Gasteiger partial charge is 0.481 e. The first-order valence-corrected chi connectivity index (χ1v) is 6.36. The van der Waals surface area contributed by atoms with E-state index in [1.807, 2.05) is 12.2 Å². The molecule has 0 unspecified atom stereocenters. The van der Waals surface area contributed by atoms with Crippen molar-refractivity contribution in [3.63, 3.8) is 0 Å². The molecule has 0 heterocycles. The van der Waals surface area contributed by atoms with Gasteiger partial charge in [0.25, 0.3) is 0 Å². The average molecular weight is 237 g/mol. The van der Waals surface area contributed by atoms with Gasteiger partial charge in [0.15, 0.2) is 0 Å². The van der Waals surface area contributed by atoms with Crippen molar-refractivity contribution in [2.45, 2.75) is 44.6 Å². The van der Waals surface area contributed by atoms with E-state index >= 15 is 0 Å². The van der Waals surface area contributed by atoms with Crippen molar-refractivity contribution in [1.29, 1.82) is 0 Å². The van der Waals surface area contributed by atoms with Crippen molar-refractivity contribution < 1.29 is 14.7 Å². The fraction of sp³-hybridized carbons (Fsp3) is 0.692. The predicted molar refractivity (Wildman–Crippen MR) is 63.4 cm³/mol. The summed E-state index contributed by atoms with van der Waals surface area (Å²) in [5.74, 6) is -1.88. The monoisotopic (exact) mass is 237 g/mol. The molecule has 94 valence electrons. The van der Waals surface area contributed by atoms with Crippen molar-refractivity contribution in [3.8, 4) is 0 Å². The molecule has 4 heteroatoms. The molecule has 17 heavy (non-hydrogen) atoms. The second kappa shape index (κ2) is 5.34. The van der Waals surface area contributed by atoms with Gasteiger partial charge in [0.05, 0.1) is 11.8 Å². The maximum atomic E-state index is 12.1. The highest BCUT2D eigenvalue weighted by Crippen LogP contribution is 2.27. The molecule has 0 spiro atoms. The SMILES string of the molecule is O=C(O)[C@@H]1CC=CC[C@H]1C(=O)NC1CCCC1. The van der Waals surface area contributed by atoms with E-state index in [0.29, 0.717) is 12.8 Å². The quantitative estimate of drug-likeness (QED) is 0.734. The summed E-state index contributed by atoms with van der Waals surface area (Å²) in [6.07, 6.45) is 9.19. The molecule has 1 fully saturated rings. The maximum absolute atomic E-state index is 12.1. The molecule has 0 aromatic heterocycles. The lowest BCUT2D eigenvalue weighted by molar-refractivity contribution is -0.147. The molecule has 0 radical (unpaired) electrons. The highest BCUT2D eigenvalue weighted by atomic mass is 16.4. The number of amides is 1. The lowest BCUT2D eigenvalue weighted by Gasteiger charge is -2.25. The Labute approximate surface area is 101 Å². The number of hydrogen-bond acceptors (Lipinski definition) is 2. The zero-order valence-electron chi connectivity index (χ0n) is 9.89. The predicted octanol–water partition coefficient (Wildman–Crippen LogP) is 1.71. The minimum Gasteiger partial charge on any atom is -0.481 e. The van der Waals surface area contributed by atoms with Gasteiger partial charge in [-0.3, -0.25) is 9.59 Å². The van der Waals surface area contributed by atoms with Crippen LogP contribution in [0.25, 0.3) is 0 Å². The summed E-state index contributed by atoms with van der Waals surface area (Å²) in [6.45, 7) is 0. The topological polar surface area (TPSA) is 66.4 Å². The highest BCUT2D eigenvalue weighted by molar-refractivity contribution is 5.85. The molecule has 4 nitrogen and oxygen atoms in total. The second-order valence-corrected chi connectivity index (χ2v) is 4.98. The molecule has 0 aromatic carbocycles. The van der Waals surface area contributed by atoms with Gasteiger partial charge in [-0.1, -0.05) is 25.0 Å². The number of nitrogens with one attached hydrogen (secondary N) is 1. The third-order valence-electron chi connectivity index (χ3n) is 3.79. The summed E-state index contributed by atoms with van der Waals surface area (Å²) in [5, 5.41) is 12.1. The zero-order valence-corrected chi connectivity index (χ0v) is 9.89. The Morgan fingerprint density at radius 3 is 2.24 bits per heavy atom. The Kier molecular flexibility index (Phi) is 3.82. The third kappa shape index (κ3) is 2.87. The number of carboxylic acids is 1. The standard InChI is InChI=1S/C13H19NO3/c15-12(14-9-5-1-2-6-9)10-7-3-4-8-11(10)13(16)17/h3-4,9-11H,1-2,5-8H2,(H,14,15)(H,16,17)/t10-,11-/m1/s1. The van der Waals surface area contributed by atoms with Gasteiger partial charge in [0.1, 0.15) is 0 Å². The van der Waals surface area contributed by atoms with E-state index in [-0.39, 0.29) is 11.9 Å². The lowest BCUT2D eigenvalue weighted by atomic mass is 9.82. The van der Waals surface area contributed by atoms with Crippen molar-refractivity contribution >= 4 is 11.9 Å². The maximum Gasteiger partial charge on any atom is 0.307 e. The van der Waals surface area contributed by atoms with Crippen LogP contribution in [0, 0.1) is 11.8 Å². The van der Waals surface area contributed by atoms with Gasteiger partial charge >= 0.3 is 5.97 Å². The van der Waals surface area contributed by atoms with Crippen LogP contribution in [0.15, 0.2) is 12.2 Å². The molecule has 0 saturated heterocycles. The molecule has 2 aliphatic carbocycles. The van der Waals surface area contributed by atoms with E-state index in [2.05, 4.69) is 5.32 Å². The molecular formula is C13H19NO3. The molecule has 0 bridgehead atoms. The Morgan fingerprint density at radius 2 is 1.65 bits per heavy atom. The molecule has 2 N–H and O–H groups in total. The van der Waals surface area contributed by atoms with Gasteiger partial charge in [-0.2, -0.15) is 0 Å². The van der Waals surface area contributed by atoms with E-state index in [1.54, 1.807) is 0 Å². The molecular weight excluding hydrogens is 218 g/mol. The normalized spacial score (nSPS) is 29.2. The Hall–Kier alpha value is -1.32. The fourth-order valence-corrected chi connectivity index (χ4v) is 2.76. The van der Waals surface area contributed by atoms with Gasteiger partial charge < -0.3 is 10.4 Å². The van der Waals surface area contributed by atoms with Crippen LogP contribution in [0.3, 0.4) is 0 Å². The Balaban J connectivity index is 1.96. The first-order valence-electron chi connectivity index (χ1n) is 6.36. The number of carbonyl (C=O) groups is 2. The second-order valence-electron chi connectivity index (χ2n) is 4.98. The minimum atomic E-state index is -0.860. The number of carbonyl (C=O) groups excluding carboxylic acids is 1. The first kappa shape index (κ1) is 12.1. The summed E-state index contributed by atoms with van der Waals surface area (Å²) >= 11 is 0. The summed E-state index contributed by atoms with van der Waals surface area (Å²) in [5.41, 5.74) is 0. The fourth-order valence-electron chi connectivity index (χ4n) is 2.76. The molecule has 1 saturated carbocycles. The molecule has 0 aromatic rings. The zero-order chi connectivity index (χ0) is 12.3. The summed E-state index contributed by atoms with van der Waals surface area (Å²) in [6, 6.07) is 0.267. The van der Waals surface area contributed by atoms with Gasteiger partial charge in [0, 0.05) is 6.04 Å². The van der Waals surface area contributed by atoms with Crippen LogP contribution in [0.2, 0.25) is 0 Å². The van der Waals surface area contributed by atoms with E-state index < -0.39 is 17.8 Å². The van der Waals surface area contributed by atoms with Crippen molar-refractivity contribution in [2.75, 3.05) is 0 Å². The van der Waals surface area contributed by atoms with Crippen LogP contribution >= 0.6 is 0 Å². The lowest BCUT2D eigenvalue weighted by Crippen LogP contribution is -2.42. The molecule has 0 aliphatic heterocycles. The van der Waals surface area contributed by atoms with Crippen LogP contribution in [0.1, 0.15) is 38.5 Å². The van der Waals surface area contributed by atoms with Crippen LogP contribution < -0.4 is 5.32 Å². The summed E-state index contributed by atoms with van der Waals surface area (Å²) in [4.78, 5) is 23.2. The van der Waals surface area contributed by atoms with Crippen molar-refractivity contribution in [3.05, 3.63) is 12.2 Å². The van der Waals surface area contributed by atoms with Gasteiger partial charge in [-0.15, -0.1) is 0 Å². The number of aliphatic carboxylic acids is 1. The van der Waals surface area contributed by atoms with Gasteiger partial charge in [-0.25, -0.2) is 0 Å². The van der Waals surface area contributed by atoms with E-state index in [1.165, 1.54) is 0 Å². The van der Waals surface area contributed by atoms with Crippen molar-refractivity contribution in [1.82, 2.24) is 5.32 Å². The smallest absolute Gasteiger partial charge is 0.307 e. The third-order valence-corrected chi connectivity index (χ3v) is 3.79. The first-order chi connectivity index (χ1) is 8.18. The van der Waals surface area contributed by atoms with E-state index in [4.69, 9.17) is 5.11 Å². The summed E-state index contributed by atoms with van der Waals surface area (Å²) in [7, 11) is 0. The average Bonchev–Trinajstić information content (AvgIpc) is 2.81. The van der Waals surface area contributed by atoms with Gasteiger partial charge in [-0.05, 0) is 25.7 Å². The minimum absolute atomic E-state index is 0.0753. The Morgan fingerprint density at radius 1 is 1.06 bits per heavy atom. The number of carboxylic acid groups (broad SMARTS) is 1. The van der Waals surface area contributed by atoms with Crippen LogP contribution in [-0.2, 0) is 9.59 Å². The van der Waals surface area contributed by atoms with E-state index in [0.717, 1.165) is 25.7 Å². The van der Waals surface area contributed by atoms with Crippen LogP contribution in [-0.4, -0.2) is 23.0 Å². The molecule has 2 aliphatic rings. The number of hydrogen-bond donors (Lipinski definition) is 2. The van der Waals surface area contributed by atoms with Crippen molar-refractivity contribution in [2.24, 2.45) is 11.8 Å². The number of rotatable bonds is 3. The molecule has 2 atom stereocenters. The van der Waals surface area contributed by atoms with Crippen LogP contribution in [0.5, 0.6) is 0 Å². The van der Waals surface area contributed by atoms with E-state index in [9.17, 15) is 9.59 Å². The number of allylic oxidation sites excluding steroid dienone is 2. The van der Waals surface area contributed by atoms with Gasteiger partial charge in [0.2, 0.25) is 5.91 Å². The Bertz CT molecular complexity index is 332.